The molecule has 0 amide bonds. The van der Waals surface area contributed by atoms with Crippen LogP contribution in [0, 0.1) is 0 Å². The quantitative estimate of drug-likeness (QED) is 0.846. The second kappa shape index (κ2) is 4.29. The van der Waals surface area contributed by atoms with E-state index in [1.165, 1.54) is 6.07 Å². The van der Waals surface area contributed by atoms with Gasteiger partial charge in [-0.1, -0.05) is 0 Å². The lowest BCUT2D eigenvalue weighted by atomic mass is 10.1. The van der Waals surface area contributed by atoms with E-state index < -0.39 is 5.97 Å². The van der Waals surface area contributed by atoms with Gasteiger partial charge in [0.25, 0.3) is 0 Å². The third-order valence-electron chi connectivity index (χ3n) is 2.50. The van der Waals surface area contributed by atoms with E-state index in [0.29, 0.717) is 17.0 Å². The summed E-state index contributed by atoms with van der Waals surface area (Å²) in [6.45, 7) is 0. The zero-order valence-corrected chi connectivity index (χ0v) is 9.52. The smallest absolute Gasteiger partial charge is 0.354 e. The summed E-state index contributed by atoms with van der Waals surface area (Å²) in [5.41, 5.74) is 1.35. The molecule has 0 saturated heterocycles. The van der Waals surface area contributed by atoms with Crippen molar-refractivity contribution in [1.29, 1.82) is 0 Å². The highest BCUT2D eigenvalue weighted by Gasteiger charge is 2.10. The minimum absolute atomic E-state index is 0.0204. The van der Waals surface area contributed by atoms with Gasteiger partial charge in [-0.05, 0) is 24.3 Å². The molecule has 0 saturated carbocycles. The summed E-state index contributed by atoms with van der Waals surface area (Å²) < 4.78 is 5.13. The molecule has 17 heavy (non-hydrogen) atoms. The number of fused-ring (bicyclic) bond motifs is 1. The molecule has 0 bridgehead atoms. The van der Waals surface area contributed by atoms with Crippen LogP contribution in [0.25, 0.3) is 10.9 Å². The van der Waals surface area contributed by atoms with Crippen molar-refractivity contribution in [1.82, 2.24) is 4.98 Å². The Morgan fingerprint density at radius 1 is 1.41 bits per heavy atom. The van der Waals surface area contributed by atoms with Crippen molar-refractivity contribution < 1.29 is 14.6 Å². The summed E-state index contributed by atoms with van der Waals surface area (Å²) in [7, 11) is 3.32. The van der Waals surface area contributed by atoms with Crippen LogP contribution in [0.1, 0.15) is 10.5 Å². The van der Waals surface area contributed by atoms with Gasteiger partial charge in [0.05, 0.1) is 12.6 Å². The number of aromatic nitrogens is 1. The molecule has 0 aliphatic rings. The number of carbonyl (C=O) groups is 1. The fourth-order valence-electron chi connectivity index (χ4n) is 1.65. The van der Waals surface area contributed by atoms with E-state index in [-0.39, 0.29) is 5.69 Å². The number of ether oxygens (including phenoxy) is 1. The van der Waals surface area contributed by atoms with Gasteiger partial charge in [-0.15, -0.1) is 0 Å². The average Bonchev–Trinajstić information content (AvgIpc) is 2.36. The highest BCUT2D eigenvalue weighted by Crippen LogP contribution is 2.26. The van der Waals surface area contributed by atoms with Gasteiger partial charge in [0, 0.05) is 18.1 Å². The van der Waals surface area contributed by atoms with E-state index in [0.717, 1.165) is 5.39 Å². The van der Waals surface area contributed by atoms with E-state index in [1.54, 1.807) is 26.3 Å². The molecule has 5 heteroatoms. The molecular formula is C12H12N2O3. The SMILES string of the molecule is CNc1cc(C(=O)O)nc2ccc(OC)cc12. The molecule has 0 aliphatic carbocycles. The van der Waals surface area contributed by atoms with Crippen molar-refractivity contribution in [2.45, 2.75) is 0 Å². The van der Waals surface area contributed by atoms with Crippen LogP contribution in [0.15, 0.2) is 24.3 Å². The molecule has 1 aromatic heterocycles. The summed E-state index contributed by atoms with van der Waals surface area (Å²) in [4.78, 5) is 15.0. The molecule has 0 radical (unpaired) electrons. The summed E-state index contributed by atoms with van der Waals surface area (Å²) in [5, 5.41) is 12.7. The molecule has 0 fully saturated rings. The van der Waals surface area contributed by atoms with Crippen LogP contribution in [0.4, 0.5) is 5.69 Å². The van der Waals surface area contributed by atoms with Gasteiger partial charge in [-0.3, -0.25) is 0 Å². The monoisotopic (exact) mass is 232 g/mol. The van der Waals surface area contributed by atoms with E-state index in [9.17, 15) is 4.79 Å². The second-order valence-corrected chi connectivity index (χ2v) is 3.49. The highest BCUT2D eigenvalue weighted by atomic mass is 16.5. The Labute approximate surface area is 98.0 Å². The maximum absolute atomic E-state index is 10.9. The van der Waals surface area contributed by atoms with Crippen LogP contribution in [-0.2, 0) is 0 Å². The number of methoxy groups -OCH3 is 1. The molecular weight excluding hydrogens is 220 g/mol. The Balaban J connectivity index is 2.72. The number of hydrogen-bond acceptors (Lipinski definition) is 4. The summed E-state index contributed by atoms with van der Waals surface area (Å²) in [5.74, 6) is -0.335. The number of rotatable bonds is 3. The first-order valence-corrected chi connectivity index (χ1v) is 5.05. The highest BCUT2D eigenvalue weighted by molar-refractivity contribution is 5.97. The van der Waals surface area contributed by atoms with Gasteiger partial charge in [-0.25, -0.2) is 9.78 Å². The van der Waals surface area contributed by atoms with Crippen LogP contribution in [-0.4, -0.2) is 30.2 Å². The molecule has 0 atom stereocenters. The fraction of sp³-hybridized carbons (Fsp3) is 0.167. The lowest BCUT2D eigenvalue weighted by Gasteiger charge is -2.08. The van der Waals surface area contributed by atoms with E-state index >= 15 is 0 Å². The Bertz CT molecular complexity index is 581. The molecule has 0 aliphatic heterocycles. The van der Waals surface area contributed by atoms with Crippen molar-refractivity contribution in [2.75, 3.05) is 19.5 Å². The third kappa shape index (κ3) is 1.99. The minimum Gasteiger partial charge on any atom is -0.497 e. The topological polar surface area (TPSA) is 71.5 Å². The predicted octanol–water partition coefficient (Wildman–Crippen LogP) is 1.98. The molecule has 2 rings (SSSR count). The summed E-state index contributed by atoms with van der Waals surface area (Å²) >= 11 is 0. The van der Waals surface area contributed by atoms with Gasteiger partial charge >= 0.3 is 5.97 Å². The zero-order valence-electron chi connectivity index (χ0n) is 9.52. The van der Waals surface area contributed by atoms with Gasteiger partial charge < -0.3 is 15.2 Å². The minimum atomic E-state index is -1.04. The predicted molar refractivity (Wildman–Crippen MR) is 64.8 cm³/mol. The number of aromatic carboxylic acids is 1. The Hall–Kier alpha value is -2.30. The number of nitrogens with zero attached hydrogens (tertiary/aromatic N) is 1. The average molecular weight is 232 g/mol. The summed E-state index contributed by atoms with van der Waals surface area (Å²) in [6, 6.07) is 6.81. The normalized spacial score (nSPS) is 10.2. The van der Waals surface area contributed by atoms with Crippen LogP contribution >= 0.6 is 0 Å². The van der Waals surface area contributed by atoms with Gasteiger partial charge in [0.15, 0.2) is 5.69 Å². The molecule has 88 valence electrons. The van der Waals surface area contributed by atoms with E-state index in [1.807, 2.05) is 6.07 Å². The molecule has 2 aromatic rings. The lowest BCUT2D eigenvalue weighted by molar-refractivity contribution is 0.0691. The second-order valence-electron chi connectivity index (χ2n) is 3.49. The number of benzene rings is 1. The standard InChI is InChI=1S/C12H12N2O3/c1-13-10-6-11(12(15)16)14-9-4-3-7(17-2)5-8(9)10/h3-6H,1-2H3,(H,13,14)(H,15,16). The molecule has 1 aromatic carbocycles. The van der Waals surface area contributed by atoms with E-state index in [4.69, 9.17) is 9.84 Å². The number of anilines is 1. The largest absolute Gasteiger partial charge is 0.497 e. The molecule has 2 N–H and O–H groups in total. The van der Waals surface area contributed by atoms with Crippen molar-refractivity contribution in [2.24, 2.45) is 0 Å². The first-order chi connectivity index (χ1) is 8.15. The maximum atomic E-state index is 10.9. The Morgan fingerprint density at radius 3 is 2.76 bits per heavy atom. The zero-order chi connectivity index (χ0) is 12.4. The number of pyridine rings is 1. The fourth-order valence-corrected chi connectivity index (χ4v) is 1.65. The molecule has 1 heterocycles. The van der Waals surface area contributed by atoms with Crippen molar-refractivity contribution in [3.05, 3.63) is 30.0 Å². The molecule has 0 spiro atoms. The van der Waals surface area contributed by atoms with Crippen molar-refractivity contribution in [3.63, 3.8) is 0 Å². The van der Waals surface area contributed by atoms with Gasteiger partial charge in [0.2, 0.25) is 0 Å². The Morgan fingerprint density at radius 2 is 2.18 bits per heavy atom. The maximum Gasteiger partial charge on any atom is 0.354 e. The lowest BCUT2D eigenvalue weighted by Crippen LogP contribution is -2.02. The number of carboxylic acid groups (broad SMARTS) is 1. The van der Waals surface area contributed by atoms with Crippen molar-refractivity contribution in [3.8, 4) is 5.75 Å². The number of hydrogen-bond donors (Lipinski definition) is 2. The van der Waals surface area contributed by atoms with Crippen LogP contribution in [0.2, 0.25) is 0 Å². The van der Waals surface area contributed by atoms with Gasteiger partial charge in [-0.2, -0.15) is 0 Å². The first kappa shape index (κ1) is 11.2. The van der Waals surface area contributed by atoms with Crippen LogP contribution in [0.5, 0.6) is 5.75 Å². The third-order valence-corrected chi connectivity index (χ3v) is 2.50. The first-order valence-electron chi connectivity index (χ1n) is 5.05. The summed E-state index contributed by atoms with van der Waals surface area (Å²) in [6.07, 6.45) is 0. The number of nitrogens with one attached hydrogen (secondary N) is 1. The van der Waals surface area contributed by atoms with Crippen LogP contribution < -0.4 is 10.1 Å². The van der Waals surface area contributed by atoms with Gasteiger partial charge in [0.1, 0.15) is 5.75 Å². The Kier molecular flexibility index (Phi) is 2.82. The van der Waals surface area contributed by atoms with Crippen LogP contribution in [0.3, 0.4) is 0 Å². The van der Waals surface area contributed by atoms with Crippen molar-refractivity contribution >= 4 is 22.6 Å². The molecule has 5 nitrogen and oxygen atoms in total. The number of carboxylic acids is 1. The molecule has 0 unspecified atom stereocenters. The van der Waals surface area contributed by atoms with E-state index in [2.05, 4.69) is 10.3 Å².